The summed E-state index contributed by atoms with van der Waals surface area (Å²) in [6.45, 7) is 1.86. The van der Waals surface area contributed by atoms with E-state index in [-0.39, 0.29) is 5.76 Å². The lowest BCUT2D eigenvalue weighted by Gasteiger charge is -2.01. The Balaban J connectivity index is 2.54. The van der Waals surface area contributed by atoms with Gasteiger partial charge in [-0.1, -0.05) is 19.1 Å². The fraction of sp³-hybridized carbons (Fsp3) is 0.231. The molecule has 18 heavy (non-hydrogen) atoms. The van der Waals surface area contributed by atoms with Gasteiger partial charge in [0.15, 0.2) is 0 Å². The number of rotatable bonds is 4. The zero-order valence-corrected chi connectivity index (χ0v) is 11.0. The molecule has 94 valence electrons. The highest BCUT2D eigenvalue weighted by atomic mass is 32.2. The van der Waals surface area contributed by atoms with Gasteiger partial charge >= 0.3 is 5.97 Å². The lowest BCUT2D eigenvalue weighted by molar-refractivity contribution is 0.0662. The van der Waals surface area contributed by atoms with Crippen LogP contribution in [0.15, 0.2) is 33.6 Å². The Labute approximate surface area is 109 Å². The maximum absolute atomic E-state index is 11.0. The number of aromatic carboxylic acids is 1. The van der Waals surface area contributed by atoms with Gasteiger partial charge in [0.05, 0.1) is 11.3 Å². The summed E-state index contributed by atoms with van der Waals surface area (Å²) in [5, 5.41) is 9.04. The quantitative estimate of drug-likeness (QED) is 0.857. The Morgan fingerprint density at radius 1 is 1.44 bits per heavy atom. The van der Waals surface area contributed by atoms with Gasteiger partial charge in [0.25, 0.3) is 0 Å². The van der Waals surface area contributed by atoms with Gasteiger partial charge in [-0.3, -0.25) is 0 Å². The lowest BCUT2D eigenvalue weighted by Crippen LogP contribution is -1.98. The zero-order chi connectivity index (χ0) is 13.1. The first kappa shape index (κ1) is 12.7. The van der Waals surface area contributed by atoms with Crippen molar-refractivity contribution in [2.75, 3.05) is 6.26 Å². The Morgan fingerprint density at radius 2 is 2.17 bits per heavy atom. The molecule has 0 unspecified atom stereocenters. The Morgan fingerprint density at radius 3 is 2.72 bits per heavy atom. The largest absolute Gasteiger partial charge is 0.475 e. The summed E-state index contributed by atoms with van der Waals surface area (Å²) >= 11 is 1.57. The maximum atomic E-state index is 11.0. The van der Waals surface area contributed by atoms with Crippen LogP contribution in [0.2, 0.25) is 0 Å². The summed E-state index contributed by atoms with van der Waals surface area (Å²) < 4.78 is 5.37. The highest BCUT2D eigenvalue weighted by Crippen LogP contribution is 2.30. The van der Waals surface area contributed by atoms with Crippen molar-refractivity contribution >= 4 is 17.7 Å². The third-order valence-corrected chi connectivity index (χ3v) is 3.36. The summed E-state index contributed by atoms with van der Waals surface area (Å²) in [6, 6.07) is 7.64. The number of benzene rings is 1. The molecule has 0 spiro atoms. The van der Waals surface area contributed by atoms with E-state index in [1.54, 1.807) is 11.8 Å². The van der Waals surface area contributed by atoms with Crippen molar-refractivity contribution in [3.05, 3.63) is 35.7 Å². The molecule has 0 radical (unpaired) electrons. The zero-order valence-electron chi connectivity index (χ0n) is 10.1. The third kappa shape index (κ3) is 2.26. The van der Waals surface area contributed by atoms with E-state index in [1.165, 1.54) is 0 Å². The topological polar surface area (TPSA) is 63.3 Å². The number of hydrogen-bond donors (Lipinski definition) is 1. The molecule has 2 aromatic rings. The smallest absolute Gasteiger partial charge is 0.373 e. The molecule has 4 nitrogen and oxygen atoms in total. The van der Waals surface area contributed by atoms with Gasteiger partial charge in [0, 0.05) is 4.90 Å². The highest BCUT2D eigenvalue weighted by molar-refractivity contribution is 7.98. The van der Waals surface area contributed by atoms with Crippen molar-refractivity contribution in [2.45, 2.75) is 18.2 Å². The molecule has 0 bridgehead atoms. The van der Waals surface area contributed by atoms with E-state index in [9.17, 15) is 4.79 Å². The molecule has 0 aliphatic heterocycles. The van der Waals surface area contributed by atoms with Gasteiger partial charge in [-0.2, -0.15) is 0 Å². The van der Waals surface area contributed by atoms with E-state index in [2.05, 4.69) is 4.98 Å². The number of thioether (sulfide) groups is 1. The number of aryl methyl sites for hydroxylation is 1. The van der Waals surface area contributed by atoms with Gasteiger partial charge < -0.3 is 9.52 Å². The molecule has 0 aliphatic rings. The molecule has 1 heterocycles. The number of oxazole rings is 1. The van der Waals surface area contributed by atoms with Crippen LogP contribution in [-0.2, 0) is 6.42 Å². The van der Waals surface area contributed by atoms with Crippen molar-refractivity contribution in [1.82, 2.24) is 4.98 Å². The van der Waals surface area contributed by atoms with E-state index in [0.29, 0.717) is 18.0 Å². The summed E-state index contributed by atoms with van der Waals surface area (Å²) in [4.78, 5) is 16.3. The molecule has 1 N–H and O–H groups in total. The van der Waals surface area contributed by atoms with Crippen LogP contribution in [0.3, 0.4) is 0 Å². The molecular formula is C13H13NO3S. The second-order valence-corrected chi connectivity index (χ2v) is 4.50. The van der Waals surface area contributed by atoms with Gasteiger partial charge in [-0.05, 0) is 24.8 Å². The fourth-order valence-corrected chi connectivity index (χ4v) is 2.28. The molecule has 1 aromatic heterocycles. The van der Waals surface area contributed by atoms with E-state index in [0.717, 1.165) is 10.5 Å². The maximum Gasteiger partial charge on any atom is 0.373 e. The minimum absolute atomic E-state index is 0.0663. The van der Waals surface area contributed by atoms with Gasteiger partial charge in [0.1, 0.15) is 0 Å². The van der Waals surface area contributed by atoms with Crippen LogP contribution in [-0.4, -0.2) is 22.3 Å². The van der Waals surface area contributed by atoms with Crippen LogP contribution in [0, 0.1) is 0 Å². The van der Waals surface area contributed by atoms with E-state index in [4.69, 9.17) is 9.52 Å². The molecule has 0 fully saturated rings. The summed E-state index contributed by atoms with van der Waals surface area (Å²) in [7, 11) is 0. The van der Waals surface area contributed by atoms with Crippen LogP contribution in [0.4, 0.5) is 0 Å². The molecule has 0 aliphatic carbocycles. The average molecular weight is 263 g/mol. The summed E-state index contributed by atoms with van der Waals surface area (Å²) in [5.41, 5.74) is 1.31. The van der Waals surface area contributed by atoms with E-state index < -0.39 is 5.97 Å². The first-order chi connectivity index (χ1) is 8.67. The molecule has 5 heteroatoms. The Kier molecular flexibility index (Phi) is 3.72. The normalized spacial score (nSPS) is 10.6. The number of carbonyl (C=O) groups is 1. The van der Waals surface area contributed by atoms with E-state index in [1.807, 2.05) is 37.4 Å². The molecule has 2 rings (SSSR count). The molecule has 0 amide bonds. The number of carboxylic acids is 1. The van der Waals surface area contributed by atoms with Crippen molar-refractivity contribution in [1.29, 1.82) is 0 Å². The molecule has 0 saturated carbocycles. The van der Waals surface area contributed by atoms with Crippen molar-refractivity contribution in [2.24, 2.45) is 0 Å². The molecule has 0 saturated heterocycles. The Bertz CT molecular complexity index is 577. The predicted octanol–water partition coefficient (Wildman–Crippen LogP) is 3.32. The number of carboxylic acid groups (broad SMARTS) is 1. The molecule has 0 atom stereocenters. The fourth-order valence-electron chi connectivity index (χ4n) is 1.69. The van der Waals surface area contributed by atoms with Crippen LogP contribution in [0.1, 0.15) is 23.2 Å². The van der Waals surface area contributed by atoms with Crippen molar-refractivity contribution in [3.8, 4) is 11.5 Å². The second kappa shape index (κ2) is 5.27. The van der Waals surface area contributed by atoms with E-state index >= 15 is 0 Å². The lowest BCUT2D eigenvalue weighted by atomic mass is 10.2. The SMILES string of the molecule is CCc1nc(-c2ccccc2SC)oc1C(=O)O. The number of nitrogens with zero attached hydrogens (tertiary/aromatic N) is 1. The second-order valence-electron chi connectivity index (χ2n) is 3.65. The minimum atomic E-state index is -1.08. The number of aromatic nitrogens is 1. The van der Waals surface area contributed by atoms with Gasteiger partial charge in [-0.15, -0.1) is 11.8 Å². The van der Waals surface area contributed by atoms with Gasteiger partial charge in [0.2, 0.25) is 11.7 Å². The standard InChI is InChI=1S/C13H13NO3S/c1-3-9-11(13(15)16)17-12(14-9)8-6-4-5-7-10(8)18-2/h4-7H,3H2,1-2H3,(H,15,16). The Hall–Kier alpha value is -1.75. The van der Waals surface area contributed by atoms with Crippen LogP contribution < -0.4 is 0 Å². The molecular weight excluding hydrogens is 250 g/mol. The summed E-state index contributed by atoms with van der Waals surface area (Å²) in [6.07, 6.45) is 2.49. The predicted molar refractivity (Wildman–Crippen MR) is 70.1 cm³/mol. The minimum Gasteiger partial charge on any atom is -0.475 e. The van der Waals surface area contributed by atoms with Crippen molar-refractivity contribution in [3.63, 3.8) is 0 Å². The highest BCUT2D eigenvalue weighted by Gasteiger charge is 2.20. The van der Waals surface area contributed by atoms with Crippen LogP contribution in [0.5, 0.6) is 0 Å². The van der Waals surface area contributed by atoms with Gasteiger partial charge in [-0.25, -0.2) is 9.78 Å². The third-order valence-electron chi connectivity index (χ3n) is 2.56. The number of hydrogen-bond acceptors (Lipinski definition) is 4. The average Bonchev–Trinajstić information content (AvgIpc) is 2.82. The van der Waals surface area contributed by atoms with Crippen molar-refractivity contribution < 1.29 is 14.3 Å². The first-order valence-electron chi connectivity index (χ1n) is 5.53. The monoisotopic (exact) mass is 263 g/mol. The molecule has 1 aromatic carbocycles. The van der Waals surface area contributed by atoms with Crippen LogP contribution >= 0.6 is 11.8 Å². The summed E-state index contributed by atoms with van der Waals surface area (Å²) in [5.74, 6) is -0.773. The first-order valence-corrected chi connectivity index (χ1v) is 6.76. The van der Waals surface area contributed by atoms with Crippen LogP contribution in [0.25, 0.3) is 11.5 Å².